The summed E-state index contributed by atoms with van der Waals surface area (Å²) in [5.74, 6) is 0. The van der Waals surface area contributed by atoms with Crippen molar-refractivity contribution in [1.29, 1.82) is 0 Å². The number of rotatable bonds is 3. The molecule has 1 aliphatic carbocycles. The molecule has 0 saturated carbocycles. The van der Waals surface area contributed by atoms with Crippen LogP contribution in [0.4, 0.5) is 9.18 Å². The number of hydrogen-bond acceptors (Lipinski definition) is 5. The Hall–Kier alpha value is -2.41. The molecule has 25 heavy (non-hydrogen) atoms. The molecule has 1 amide bonds. The van der Waals surface area contributed by atoms with E-state index in [1.807, 2.05) is 17.2 Å². The van der Waals surface area contributed by atoms with Crippen LogP contribution in [0.3, 0.4) is 0 Å². The maximum Gasteiger partial charge on any atom is 0.414 e. The van der Waals surface area contributed by atoms with Crippen molar-refractivity contribution in [3.8, 4) is 0 Å². The molecule has 1 fully saturated rings. The zero-order chi connectivity index (χ0) is 17.4. The quantitative estimate of drug-likeness (QED) is 0.904. The van der Waals surface area contributed by atoms with Crippen LogP contribution in [-0.2, 0) is 17.7 Å². The second-order valence-electron chi connectivity index (χ2n) is 6.54. The van der Waals surface area contributed by atoms with E-state index in [0.717, 1.165) is 18.5 Å². The molecule has 132 valence electrons. The van der Waals surface area contributed by atoms with Crippen molar-refractivity contribution in [2.24, 2.45) is 0 Å². The van der Waals surface area contributed by atoms with E-state index in [1.54, 1.807) is 18.3 Å². The number of allylic oxidation sites excluding steroid dienone is 4. The van der Waals surface area contributed by atoms with Crippen LogP contribution in [0, 0.1) is 0 Å². The van der Waals surface area contributed by atoms with Crippen LogP contribution < -0.4 is 0 Å². The third-order valence-corrected chi connectivity index (χ3v) is 4.96. The van der Waals surface area contributed by atoms with Crippen LogP contribution in [0.2, 0.25) is 0 Å². The highest BCUT2D eigenvalue weighted by atomic mass is 19.1. The van der Waals surface area contributed by atoms with Gasteiger partial charge >= 0.3 is 6.09 Å². The van der Waals surface area contributed by atoms with E-state index in [2.05, 4.69) is 4.98 Å². The lowest BCUT2D eigenvalue weighted by Crippen LogP contribution is -2.36. The number of carbonyl (C=O) groups excluding carboxylic acids is 1. The number of halogens is 1. The van der Waals surface area contributed by atoms with E-state index in [0.29, 0.717) is 17.9 Å². The smallest absolute Gasteiger partial charge is 0.414 e. The number of alkyl halides is 1. The molecule has 7 heteroatoms. The average molecular weight is 345 g/mol. The Morgan fingerprint density at radius 2 is 2.24 bits per heavy atom. The molecule has 1 unspecified atom stereocenters. The maximum atomic E-state index is 14.8. The van der Waals surface area contributed by atoms with Gasteiger partial charge in [-0.1, -0.05) is 0 Å². The Morgan fingerprint density at radius 1 is 1.36 bits per heavy atom. The van der Waals surface area contributed by atoms with Gasteiger partial charge in [0.25, 0.3) is 0 Å². The second-order valence-corrected chi connectivity index (χ2v) is 6.54. The minimum absolute atomic E-state index is 0.134. The molecule has 0 radical (unpaired) electrons. The summed E-state index contributed by atoms with van der Waals surface area (Å²) < 4.78 is 19.9. The topological polar surface area (TPSA) is 65.9 Å². The molecule has 0 aromatic carbocycles. The van der Waals surface area contributed by atoms with Gasteiger partial charge in [-0.05, 0) is 35.8 Å². The van der Waals surface area contributed by atoms with Gasteiger partial charge in [0.2, 0.25) is 0 Å². The molecule has 1 aromatic heterocycles. The number of nitrogens with zero attached hydrogens (tertiary/aromatic N) is 3. The minimum atomic E-state index is -1.17. The molecule has 1 aromatic rings. The van der Waals surface area contributed by atoms with Crippen molar-refractivity contribution in [1.82, 2.24) is 14.8 Å². The predicted octanol–water partition coefficient (Wildman–Crippen LogP) is 1.76. The number of pyridine rings is 1. The normalized spacial score (nSPS) is 26.1. The van der Waals surface area contributed by atoms with Gasteiger partial charge in [0.05, 0.1) is 13.2 Å². The van der Waals surface area contributed by atoms with Crippen LogP contribution in [0.25, 0.3) is 0 Å². The summed E-state index contributed by atoms with van der Waals surface area (Å²) in [6.45, 7) is 1.46. The van der Waals surface area contributed by atoms with Gasteiger partial charge in [0.1, 0.15) is 12.3 Å². The third kappa shape index (κ3) is 3.00. The summed E-state index contributed by atoms with van der Waals surface area (Å²) in [6, 6.07) is 2.02. The standard InChI is InChI=1S/C18H20FN3O3/c19-16-7-14(22-10-15(11-23)25-18(22)24)1-2-17(16)21-6-4-12-3-5-20-8-13(12)9-21/h1-3,5,8,15-16,23H,4,6-7,9-11H2/t15-,16?/m1/s1. The molecule has 2 atom stereocenters. The Balaban J connectivity index is 1.52. The average Bonchev–Trinajstić information content (AvgIpc) is 3.02. The van der Waals surface area contributed by atoms with E-state index < -0.39 is 18.4 Å². The van der Waals surface area contributed by atoms with Crippen molar-refractivity contribution >= 4 is 6.09 Å². The number of aromatic nitrogens is 1. The SMILES string of the molecule is O=C1O[C@@H](CO)CN1C1=CC=C(N2CCc3ccncc3C2)C(F)C1. The molecule has 2 aliphatic heterocycles. The number of hydrogen-bond donors (Lipinski definition) is 1. The molecule has 3 aliphatic rings. The fourth-order valence-electron chi connectivity index (χ4n) is 3.60. The van der Waals surface area contributed by atoms with Crippen molar-refractivity contribution < 1.29 is 19.0 Å². The summed E-state index contributed by atoms with van der Waals surface area (Å²) in [5, 5.41) is 9.12. The molecular weight excluding hydrogens is 325 g/mol. The van der Waals surface area contributed by atoms with E-state index in [4.69, 9.17) is 9.84 Å². The van der Waals surface area contributed by atoms with E-state index in [-0.39, 0.29) is 19.6 Å². The maximum absolute atomic E-state index is 14.8. The highest BCUT2D eigenvalue weighted by Gasteiger charge is 2.36. The molecule has 6 nitrogen and oxygen atoms in total. The van der Waals surface area contributed by atoms with Crippen molar-refractivity contribution in [2.45, 2.75) is 31.7 Å². The van der Waals surface area contributed by atoms with Gasteiger partial charge < -0.3 is 14.7 Å². The van der Waals surface area contributed by atoms with Gasteiger partial charge in [-0.25, -0.2) is 9.18 Å². The first kappa shape index (κ1) is 16.1. The van der Waals surface area contributed by atoms with Crippen molar-refractivity contribution in [3.63, 3.8) is 0 Å². The Kier molecular flexibility index (Phi) is 4.17. The van der Waals surface area contributed by atoms with E-state index in [9.17, 15) is 9.18 Å². The summed E-state index contributed by atoms with van der Waals surface area (Å²) in [4.78, 5) is 19.5. The number of ether oxygens (including phenoxy) is 1. The lowest BCUT2D eigenvalue weighted by atomic mass is 9.98. The monoisotopic (exact) mass is 345 g/mol. The number of carbonyl (C=O) groups is 1. The van der Waals surface area contributed by atoms with Gasteiger partial charge in [0.15, 0.2) is 0 Å². The first-order chi connectivity index (χ1) is 12.2. The van der Waals surface area contributed by atoms with Crippen LogP contribution in [0.1, 0.15) is 17.5 Å². The highest BCUT2D eigenvalue weighted by molar-refractivity contribution is 5.72. The van der Waals surface area contributed by atoms with E-state index >= 15 is 0 Å². The second kappa shape index (κ2) is 6.48. The van der Waals surface area contributed by atoms with Gasteiger partial charge in [0, 0.05) is 43.3 Å². The fraction of sp³-hybridized carbons (Fsp3) is 0.444. The van der Waals surface area contributed by atoms with Crippen LogP contribution in [0.5, 0.6) is 0 Å². The molecule has 4 rings (SSSR count). The Morgan fingerprint density at radius 3 is 3.00 bits per heavy atom. The first-order valence-corrected chi connectivity index (χ1v) is 8.46. The Bertz CT molecular complexity index is 749. The van der Waals surface area contributed by atoms with Crippen LogP contribution in [0.15, 0.2) is 42.0 Å². The van der Waals surface area contributed by atoms with Crippen molar-refractivity contribution in [2.75, 3.05) is 19.7 Å². The van der Waals surface area contributed by atoms with Gasteiger partial charge in [-0.3, -0.25) is 9.88 Å². The lowest BCUT2D eigenvalue weighted by Gasteiger charge is -2.35. The number of amides is 1. The van der Waals surface area contributed by atoms with Crippen LogP contribution >= 0.6 is 0 Å². The minimum Gasteiger partial charge on any atom is -0.441 e. The van der Waals surface area contributed by atoms with E-state index in [1.165, 1.54) is 10.5 Å². The number of cyclic esters (lactones) is 1. The van der Waals surface area contributed by atoms with Crippen molar-refractivity contribution in [3.05, 3.63) is 53.1 Å². The number of fused-ring (bicyclic) bond motifs is 1. The first-order valence-electron chi connectivity index (χ1n) is 8.46. The molecular formula is C18H20FN3O3. The predicted molar refractivity (Wildman–Crippen MR) is 88.1 cm³/mol. The summed E-state index contributed by atoms with van der Waals surface area (Å²) in [7, 11) is 0. The number of aliphatic hydroxyl groups is 1. The molecule has 3 heterocycles. The third-order valence-electron chi connectivity index (χ3n) is 4.96. The lowest BCUT2D eigenvalue weighted by molar-refractivity contribution is 0.0951. The van der Waals surface area contributed by atoms with Gasteiger partial charge in [-0.2, -0.15) is 0 Å². The largest absolute Gasteiger partial charge is 0.441 e. The molecule has 0 spiro atoms. The summed E-state index contributed by atoms with van der Waals surface area (Å²) in [6.07, 6.45) is 5.94. The number of aliphatic hydroxyl groups excluding tert-OH is 1. The zero-order valence-electron chi connectivity index (χ0n) is 13.8. The molecule has 1 saturated heterocycles. The summed E-state index contributed by atoms with van der Waals surface area (Å²) >= 11 is 0. The fourth-order valence-corrected chi connectivity index (χ4v) is 3.60. The van der Waals surface area contributed by atoms with Crippen LogP contribution in [-0.4, -0.2) is 58.0 Å². The molecule has 0 bridgehead atoms. The Labute approximate surface area is 145 Å². The highest BCUT2D eigenvalue weighted by Crippen LogP contribution is 2.31. The summed E-state index contributed by atoms with van der Waals surface area (Å²) in [5.41, 5.74) is 3.63. The zero-order valence-corrected chi connectivity index (χ0v) is 13.8. The molecule has 1 N–H and O–H groups in total. The van der Waals surface area contributed by atoms with Gasteiger partial charge in [-0.15, -0.1) is 0 Å².